The first-order valence-corrected chi connectivity index (χ1v) is 4.85. The van der Waals surface area contributed by atoms with E-state index in [4.69, 9.17) is 34.8 Å². The first-order valence-electron chi connectivity index (χ1n) is 3.72. The van der Waals surface area contributed by atoms with Crippen LogP contribution in [0, 0.1) is 11.3 Å². The minimum absolute atomic E-state index is 0.0885. The fraction of sp³-hybridized carbons (Fsp3) is 1.00. The van der Waals surface area contributed by atoms with Gasteiger partial charge < -0.3 is 0 Å². The van der Waals surface area contributed by atoms with Crippen LogP contribution in [0.1, 0.15) is 34.1 Å². The minimum atomic E-state index is -1.12. The Hall–Kier alpha value is 0.870. The summed E-state index contributed by atoms with van der Waals surface area (Å²) in [6.45, 7) is 8.49. The van der Waals surface area contributed by atoms with E-state index in [-0.39, 0.29) is 5.41 Å². The van der Waals surface area contributed by atoms with E-state index in [1.54, 1.807) is 0 Å². The van der Waals surface area contributed by atoms with Gasteiger partial charge in [0, 0.05) is 0 Å². The van der Waals surface area contributed by atoms with Crippen molar-refractivity contribution in [3.63, 3.8) is 0 Å². The molecule has 0 aromatic carbocycles. The standard InChI is InChI=1S/C8H15Cl3/c1-6(2)7(3,4)5-8(9,10)11/h6H,5H2,1-4H3. The van der Waals surface area contributed by atoms with Gasteiger partial charge in [0.2, 0.25) is 0 Å². The zero-order valence-electron chi connectivity index (χ0n) is 7.42. The van der Waals surface area contributed by atoms with E-state index in [2.05, 4.69) is 27.7 Å². The molecule has 0 spiro atoms. The fourth-order valence-corrected chi connectivity index (χ4v) is 1.75. The van der Waals surface area contributed by atoms with Gasteiger partial charge in [-0.3, -0.25) is 0 Å². The Morgan fingerprint density at radius 2 is 1.45 bits per heavy atom. The molecule has 0 aromatic heterocycles. The van der Waals surface area contributed by atoms with E-state index < -0.39 is 3.79 Å². The highest BCUT2D eigenvalue weighted by Crippen LogP contribution is 2.42. The van der Waals surface area contributed by atoms with Crippen LogP contribution >= 0.6 is 34.8 Å². The maximum atomic E-state index is 5.69. The lowest BCUT2D eigenvalue weighted by Gasteiger charge is -2.32. The Balaban J connectivity index is 4.13. The summed E-state index contributed by atoms with van der Waals surface area (Å²) in [5, 5.41) is 0. The van der Waals surface area contributed by atoms with Crippen molar-refractivity contribution in [2.75, 3.05) is 0 Å². The molecular formula is C8H15Cl3. The Morgan fingerprint density at radius 3 is 1.55 bits per heavy atom. The molecule has 0 heterocycles. The van der Waals surface area contributed by atoms with Crippen molar-refractivity contribution in [3.8, 4) is 0 Å². The maximum absolute atomic E-state index is 5.69. The van der Waals surface area contributed by atoms with Gasteiger partial charge in [-0.15, -0.1) is 0 Å². The minimum Gasteiger partial charge on any atom is -0.0837 e. The van der Waals surface area contributed by atoms with E-state index in [0.29, 0.717) is 12.3 Å². The second-order valence-electron chi connectivity index (χ2n) is 3.94. The van der Waals surface area contributed by atoms with Crippen molar-refractivity contribution in [1.29, 1.82) is 0 Å². The van der Waals surface area contributed by atoms with Gasteiger partial charge in [-0.2, -0.15) is 0 Å². The van der Waals surface area contributed by atoms with E-state index in [9.17, 15) is 0 Å². The lowest BCUT2D eigenvalue weighted by Crippen LogP contribution is -2.25. The van der Waals surface area contributed by atoms with Crippen molar-refractivity contribution in [1.82, 2.24) is 0 Å². The average Bonchev–Trinajstić information content (AvgIpc) is 1.56. The second-order valence-corrected chi connectivity index (χ2v) is 6.45. The molecular weight excluding hydrogens is 202 g/mol. The SMILES string of the molecule is CC(C)C(C)(C)CC(Cl)(Cl)Cl. The number of hydrogen-bond acceptors (Lipinski definition) is 0. The molecule has 0 saturated carbocycles. The Labute approximate surface area is 84.2 Å². The Morgan fingerprint density at radius 1 is 1.09 bits per heavy atom. The van der Waals surface area contributed by atoms with Crippen LogP contribution in [0.25, 0.3) is 0 Å². The third-order valence-corrected chi connectivity index (χ3v) is 2.62. The van der Waals surface area contributed by atoms with Crippen LogP contribution in [0.15, 0.2) is 0 Å². The summed E-state index contributed by atoms with van der Waals surface area (Å²) in [6.07, 6.45) is 0.600. The summed E-state index contributed by atoms with van der Waals surface area (Å²) in [7, 11) is 0. The number of hydrogen-bond donors (Lipinski definition) is 0. The fourth-order valence-electron chi connectivity index (χ4n) is 0.721. The monoisotopic (exact) mass is 216 g/mol. The van der Waals surface area contributed by atoms with Crippen LogP contribution in [-0.4, -0.2) is 3.79 Å². The van der Waals surface area contributed by atoms with Crippen LogP contribution in [0.5, 0.6) is 0 Å². The van der Waals surface area contributed by atoms with E-state index in [0.717, 1.165) is 0 Å². The number of halogens is 3. The molecule has 68 valence electrons. The lowest BCUT2D eigenvalue weighted by atomic mass is 9.79. The quantitative estimate of drug-likeness (QED) is 0.601. The van der Waals surface area contributed by atoms with Crippen molar-refractivity contribution in [3.05, 3.63) is 0 Å². The van der Waals surface area contributed by atoms with Crippen LogP contribution < -0.4 is 0 Å². The summed E-state index contributed by atoms with van der Waals surface area (Å²) in [4.78, 5) is 0. The highest BCUT2D eigenvalue weighted by molar-refractivity contribution is 6.67. The highest BCUT2D eigenvalue weighted by Gasteiger charge is 2.32. The molecule has 0 aliphatic rings. The molecule has 0 N–H and O–H groups in total. The third-order valence-electron chi connectivity index (χ3n) is 2.22. The van der Waals surface area contributed by atoms with Crippen LogP contribution in [0.4, 0.5) is 0 Å². The molecule has 0 bridgehead atoms. The third kappa shape index (κ3) is 5.16. The van der Waals surface area contributed by atoms with E-state index >= 15 is 0 Å². The van der Waals surface area contributed by atoms with Gasteiger partial charge in [-0.1, -0.05) is 62.5 Å². The average molecular weight is 218 g/mol. The Kier molecular flexibility index (Phi) is 4.02. The predicted molar refractivity (Wildman–Crippen MR) is 53.5 cm³/mol. The molecule has 0 saturated heterocycles. The highest BCUT2D eigenvalue weighted by atomic mass is 35.6. The van der Waals surface area contributed by atoms with Gasteiger partial charge in [0.05, 0.1) is 0 Å². The molecule has 0 fully saturated rings. The van der Waals surface area contributed by atoms with Gasteiger partial charge in [0.15, 0.2) is 3.79 Å². The Bertz CT molecular complexity index is 122. The molecule has 0 radical (unpaired) electrons. The molecule has 0 amide bonds. The van der Waals surface area contributed by atoms with Crippen molar-refractivity contribution < 1.29 is 0 Å². The zero-order chi connectivity index (χ0) is 9.28. The van der Waals surface area contributed by atoms with Gasteiger partial charge in [0.1, 0.15) is 0 Å². The zero-order valence-corrected chi connectivity index (χ0v) is 9.69. The summed E-state index contributed by atoms with van der Waals surface area (Å²) in [5.74, 6) is 0.526. The second kappa shape index (κ2) is 3.72. The van der Waals surface area contributed by atoms with Crippen LogP contribution in [-0.2, 0) is 0 Å². The molecule has 0 aliphatic heterocycles. The summed E-state index contributed by atoms with van der Waals surface area (Å²) in [5.41, 5.74) is 0.0885. The first-order chi connectivity index (χ1) is 4.65. The largest absolute Gasteiger partial charge is 0.191 e. The molecule has 3 heteroatoms. The van der Waals surface area contributed by atoms with Gasteiger partial charge in [0.25, 0.3) is 0 Å². The lowest BCUT2D eigenvalue weighted by molar-refractivity contribution is 0.232. The molecule has 0 aliphatic carbocycles. The van der Waals surface area contributed by atoms with Gasteiger partial charge in [-0.25, -0.2) is 0 Å². The topological polar surface area (TPSA) is 0 Å². The van der Waals surface area contributed by atoms with Gasteiger partial charge >= 0.3 is 0 Å². The summed E-state index contributed by atoms with van der Waals surface area (Å²) in [6, 6.07) is 0. The number of rotatable bonds is 2. The summed E-state index contributed by atoms with van der Waals surface area (Å²) >= 11 is 17.1. The van der Waals surface area contributed by atoms with Crippen molar-refractivity contribution >= 4 is 34.8 Å². The molecule has 11 heavy (non-hydrogen) atoms. The number of alkyl halides is 3. The summed E-state index contributed by atoms with van der Waals surface area (Å²) < 4.78 is -1.12. The smallest absolute Gasteiger partial charge is 0.0837 e. The van der Waals surface area contributed by atoms with E-state index in [1.165, 1.54) is 0 Å². The molecule has 0 nitrogen and oxygen atoms in total. The van der Waals surface area contributed by atoms with Crippen molar-refractivity contribution in [2.24, 2.45) is 11.3 Å². The van der Waals surface area contributed by atoms with E-state index in [1.807, 2.05) is 0 Å². The molecule has 0 rings (SSSR count). The molecule has 0 aromatic rings. The van der Waals surface area contributed by atoms with Gasteiger partial charge in [-0.05, 0) is 17.8 Å². The molecule has 0 atom stereocenters. The first kappa shape index (κ1) is 11.9. The van der Waals surface area contributed by atoms with Crippen molar-refractivity contribution in [2.45, 2.75) is 37.9 Å². The van der Waals surface area contributed by atoms with Crippen LogP contribution in [0.2, 0.25) is 0 Å². The normalized spacial score (nSPS) is 14.2. The predicted octanol–water partition coefficient (Wildman–Crippen LogP) is 4.43. The van der Waals surface area contributed by atoms with Crippen LogP contribution in [0.3, 0.4) is 0 Å². The maximum Gasteiger partial charge on any atom is 0.191 e. The molecule has 0 unspecified atom stereocenters.